The van der Waals surface area contributed by atoms with Crippen molar-refractivity contribution in [3.05, 3.63) is 65.2 Å². The molecule has 3 aliphatic rings. The van der Waals surface area contributed by atoms with Gasteiger partial charge in [-0.3, -0.25) is 9.59 Å². The van der Waals surface area contributed by atoms with Gasteiger partial charge in [0.2, 0.25) is 0 Å². The molecule has 2 aliphatic carbocycles. The second-order valence-corrected chi connectivity index (χ2v) is 9.08. The van der Waals surface area contributed by atoms with E-state index in [1.54, 1.807) is 0 Å². The summed E-state index contributed by atoms with van der Waals surface area (Å²) < 4.78 is 11.4. The summed E-state index contributed by atoms with van der Waals surface area (Å²) in [6, 6.07) is 15.6. The maximum absolute atomic E-state index is 13.2. The minimum atomic E-state index is -0.0176. The minimum Gasteiger partial charge on any atom is -0.491 e. The van der Waals surface area contributed by atoms with Crippen LogP contribution < -0.4 is 10.1 Å². The van der Waals surface area contributed by atoms with E-state index in [-0.39, 0.29) is 24.0 Å². The number of amides is 2. The Morgan fingerprint density at radius 3 is 2.28 bits per heavy atom. The van der Waals surface area contributed by atoms with Crippen molar-refractivity contribution in [3.63, 3.8) is 0 Å². The van der Waals surface area contributed by atoms with E-state index in [2.05, 4.69) is 5.32 Å². The first-order chi connectivity index (χ1) is 15.7. The first-order valence-corrected chi connectivity index (χ1v) is 11.7. The molecule has 2 amide bonds. The first kappa shape index (κ1) is 21.0. The van der Waals surface area contributed by atoms with Gasteiger partial charge in [0.05, 0.1) is 6.10 Å². The van der Waals surface area contributed by atoms with E-state index in [0.29, 0.717) is 30.3 Å². The highest BCUT2D eigenvalue weighted by Crippen LogP contribution is 2.30. The van der Waals surface area contributed by atoms with E-state index in [1.165, 1.54) is 0 Å². The second-order valence-electron chi connectivity index (χ2n) is 9.08. The Kier molecular flexibility index (Phi) is 6.12. The molecule has 3 fully saturated rings. The summed E-state index contributed by atoms with van der Waals surface area (Å²) in [7, 11) is 0. The van der Waals surface area contributed by atoms with Crippen LogP contribution in [0.5, 0.6) is 5.75 Å². The monoisotopic (exact) mass is 434 g/mol. The molecule has 2 saturated carbocycles. The second kappa shape index (κ2) is 9.33. The topological polar surface area (TPSA) is 67.9 Å². The van der Waals surface area contributed by atoms with Crippen LogP contribution in [-0.2, 0) is 11.3 Å². The third-order valence-electron chi connectivity index (χ3n) is 6.29. The fourth-order valence-corrected chi connectivity index (χ4v) is 4.03. The molecular formula is C26H30N2O4. The molecule has 168 valence electrons. The van der Waals surface area contributed by atoms with Crippen molar-refractivity contribution in [2.75, 3.05) is 13.2 Å². The quantitative estimate of drug-likeness (QED) is 0.649. The highest BCUT2D eigenvalue weighted by Gasteiger charge is 2.33. The van der Waals surface area contributed by atoms with Crippen molar-refractivity contribution in [1.29, 1.82) is 0 Å². The van der Waals surface area contributed by atoms with Crippen molar-refractivity contribution >= 4 is 11.8 Å². The van der Waals surface area contributed by atoms with Crippen molar-refractivity contribution in [1.82, 2.24) is 10.2 Å². The lowest BCUT2D eigenvalue weighted by molar-refractivity contribution is 0.0678. The van der Waals surface area contributed by atoms with Crippen LogP contribution >= 0.6 is 0 Å². The van der Waals surface area contributed by atoms with Gasteiger partial charge in [0.25, 0.3) is 11.8 Å². The van der Waals surface area contributed by atoms with E-state index in [4.69, 9.17) is 9.47 Å². The van der Waals surface area contributed by atoms with Gasteiger partial charge in [-0.25, -0.2) is 0 Å². The molecule has 1 unspecified atom stereocenters. The lowest BCUT2D eigenvalue weighted by Gasteiger charge is -2.23. The van der Waals surface area contributed by atoms with Crippen LogP contribution in [0, 0.1) is 0 Å². The fourth-order valence-electron chi connectivity index (χ4n) is 4.03. The highest BCUT2D eigenvalue weighted by molar-refractivity contribution is 5.95. The first-order valence-electron chi connectivity index (χ1n) is 11.7. The molecule has 6 heteroatoms. The summed E-state index contributed by atoms with van der Waals surface area (Å²) in [5.41, 5.74) is 2.37. The van der Waals surface area contributed by atoms with Crippen molar-refractivity contribution in [3.8, 4) is 5.75 Å². The molecular weight excluding hydrogens is 404 g/mol. The van der Waals surface area contributed by atoms with Gasteiger partial charge in [0.1, 0.15) is 12.4 Å². The summed E-state index contributed by atoms with van der Waals surface area (Å²) in [6.07, 6.45) is 6.53. The third-order valence-corrected chi connectivity index (χ3v) is 6.29. The van der Waals surface area contributed by atoms with Crippen molar-refractivity contribution < 1.29 is 19.1 Å². The molecule has 1 saturated heterocycles. The normalized spacial score (nSPS) is 20.1. The molecule has 1 aliphatic heterocycles. The third kappa shape index (κ3) is 5.30. The Labute approximate surface area is 188 Å². The van der Waals surface area contributed by atoms with E-state index in [1.807, 2.05) is 53.4 Å². The van der Waals surface area contributed by atoms with Crippen LogP contribution in [0.4, 0.5) is 0 Å². The standard InChI is InChI=1S/C26H30N2O4/c29-25(27-21-9-10-21)19-5-3-18(4-6-19)16-28(22-11-12-22)26(30)20-7-13-23(14-8-20)32-17-24-2-1-15-31-24/h3-8,13-14,21-22,24H,1-2,9-12,15-17H2,(H,27,29). The van der Waals surface area contributed by atoms with Gasteiger partial charge in [0, 0.05) is 36.4 Å². The zero-order chi connectivity index (χ0) is 21.9. The van der Waals surface area contributed by atoms with Crippen molar-refractivity contribution in [2.45, 2.75) is 63.3 Å². The van der Waals surface area contributed by atoms with Crippen LogP contribution in [0.3, 0.4) is 0 Å². The summed E-state index contributed by atoms with van der Waals surface area (Å²) in [5.74, 6) is 0.778. The predicted molar refractivity (Wildman–Crippen MR) is 121 cm³/mol. The number of hydrogen-bond donors (Lipinski definition) is 1. The molecule has 5 rings (SSSR count). The van der Waals surface area contributed by atoms with Crippen LogP contribution in [0.2, 0.25) is 0 Å². The zero-order valence-corrected chi connectivity index (χ0v) is 18.3. The summed E-state index contributed by atoms with van der Waals surface area (Å²) in [6.45, 7) is 1.91. The van der Waals surface area contributed by atoms with Crippen LogP contribution in [0.25, 0.3) is 0 Å². The Balaban J connectivity index is 1.19. The van der Waals surface area contributed by atoms with Crippen LogP contribution in [0.1, 0.15) is 64.8 Å². The molecule has 0 spiro atoms. The summed E-state index contributed by atoms with van der Waals surface area (Å²) in [5, 5.41) is 3.01. The molecule has 1 atom stereocenters. The Morgan fingerprint density at radius 1 is 0.938 bits per heavy atom. The van der Waals surface area contributed by atoms with Gasteiger partial charge in [0.15, 0.2) is 0 Å². The summed E-state index contributed by atoms with van der Waals surface area (Å²) >= 11 is 0. The lowest BCUT2D eigenvalue weighted by Crippen LogP contribution is -2.32. The van der Waals surface area contributed by atoms with Crippen molar-refractivity contribution in [2.24, 2.45) is 0 Å². The smallest absolute Gasteiger partial charge is 0.254 e. The Bertz CT molecular complexity index is 943. The number of carbonyl (C=O) groups is 2. The maximum Gasteiger partial charge on any atom is 0.254 e. The summed E-state index contributed by atoms with van der Waals surface area (Å²) in [4.78, 5) is 27.4. The molecule has 1 heterocycles. The molecule has 2 aromatic carbocycles. The van der Waals surface area contributed by atoms with Gasteiger partial charge in [-0.15, -0.1) is 0 Å². The highest BCUT2D eigenvalue weighted by atomic mass is 16.5. The maximum atomic E-state index is 13.2. The Morgan fingerprint density at radius 2 is 1.66 bits per heavy atom. The number of nitrogens with one attached hydrogen (secondary N) is 1. The van der Waals surface area contributed by atoms with Gasteiger partial charge < -0.3 is 19.7 Å². The van der Waals surface area contributed by atoms with Gasteiger partial charge >= 0.3 is 0 Å². The fraction of sp³-hybridized carbons (Fsp3) is 0.462. The molecule has 6 nitrogen and oxygen atoms in total. The van der Waals surface area contributed by atoms with E-state index in [0.717, 1.165) is 56.4 Å². The number of ether oxygens (including phenoxy) is 2. The SMILES string of the molecule is O=C(NC1CC1)c1ccc(CN(C(=O)c2ccc(OCC3CCCO3)cc2)C2CC2)cc1. The largest absolute Gasteiger partial charge is 0.491 e. The molecule has 2 aromatic rings. The van der Waals surface area contributed by atoms with Gasteiger partial charge in [-0.1, -0.05) is 12.1 Å². The number of carbonyl (C=O) groups excluding carboxylic acids is 2. The average Bonchev–Trinajstić information content (AvgIpc) is 3.76. The predicted octanol–water partition coefficient (Wildman–Crippen LogP) is 3.94. The number of rotatable bonds is 9. The minimum absolute atomic E-state index is 0.0176. The average molecular weight is 435 g/mol. The zero-order valence-electron chi connectivity index (χ0n) is 18.3. The number of benzene rings is 2. The number of hydrogen-bond acceptors (Lipinski definition) is 4. The molecule has 32 heavy (non-hydrogen) atoms. The molecule has 0 aromatic heterocycles. The molecule has 0 bridgehead atoms. The molecule has 0 radical (unpaired) electrons. The van der Waals surface area contributed by atoms with E-state index < -0.39 is 0 Å². The van der Waals surface area contributed by atoms with Crippen LogP contribution in [0.15, 0.2) is 48.5 Å². The number of nitrogens with zero attached hydrogens (tertiary/aromatic N) is 1. The van der Waals surface area contributed by atoms with E-state index >= 15 is 0 Å². The van der Waals surface area contributed by atoms with Gasteiger partial charge in [-0.05, 0) is 80.5 Å². The van der Waals surface area contributed by atoms with Crippen LogP contribution in [-0.4, -0.2) is 48.1 Å². The van der Waals surface area contributed by atoms with E-state index in [9.17, 15) is 9.59 Å². The molecule has 1 N–H and O–H groups in total. The lowest BCUT2D eigenvalue weighted by atomic mass is 10.1. The van der Waals surface area contributed by atoms with Gasteiger partial charge in [-0.2, -0.15) is 0 Å². The Hall–Kier alpha value is -2.86.